The molecule has 2 aromatic heterocycles. The Hall–Kier alpha value is -2.70. The number of carbonyl (C=O) groups excluding carboxylic acids is 1. The molecule has 0 atom stereocenters. The van der Waals surface area contributed by atoms with E-state index in [0.29, 0.717) is 17.5 Å². The molecule has 1 aromatic carbocycles. The van der Waals surface area contributed by atoms with Gasteiger partial charge in [-0.1, -0.05) is 29.3 Å². The van der Waals surface area contributed by atoms with Gasteiger partial charge in [-0.05, 0) is 38.1 Å². The first-order valence-electron chi connectivity index (χ1n) is 7.73. The third kappa shape index (κ3) is 4.28. The van der Waals surface area contributed by atoms with Crippen LogP contribution in [0, 0.1) is 13.8 Å². The van der Waals surface area contributed by atoms with E-state index in [2.05, 4.69) is 25.6 Å². The second kappa shape index (κ2) is 7.68. The summed E-state index contributed by atoms with van der Waals surface area (Å²) in [5, 5.41) is 6.35. The van der Waals surface area contributed by atoms with Crippen molar-refractivity contribution in [1.29, 1.82) is 0 Å². The highest BCUT2D eigenvalue weighted by Crippen LogP contribution is 2.25. The van der Waals surface area contributed by atoms with Crippen LogP contribution in [-0.4, -0.2) is 20.9 Å². The fourth-order valence-electron chi connectivity index (χ4n) is 2.38. The number of amides is 1. The number of benzene rings is 1. The van der Waals surface area contributed by atoms with Crippen molar-refractivity contribution in [3.05, 3.63) is 69.6 Å². The zero-order valence-electron chi connectivity index (χ0n) is 14.0. The summed E-state index contributed by atoms with van der Waals surface area (Å²) in [6.07, 6.45) is 1.56. The number of carbonyl (C=O) groups is 1. The Balaban J connectivity index is 1.80. The molecule has 0 saturated heterocycles. The van der Waals surface area contributed by atoms with Gasteiger partial charge >= 0.3 is 0 Å². The highest BCUT2D eigenvalue weighted by molar-refractivity contribution is 6.40. The molecule has 2 N–H and O–H groups in total. The highest BCUT2D eigenvalue weighted by Gasteiger charge is 2.15. The number of halogens is 2. The van der Waals surface area contributed by atoms with Crippen molar-refractivity contribution < 1.29 is 4.79 Å². The molecule has 0 aliphatic heterocycles. The zero-order valence-corrected chi connectivity index (χ0v) is 15.6. The van der Waals surface area contributed by atoms with Crippen LogP contribution in [0.1, 0.15) is 21.7 Å². The molecule has 3 rings (SSSR count). The summed E-state index contributed by atoms with van der Waals surface area (Å²) in [6, 6.07) is 10.1. The van der Waals surface area contributed by atoms with Crippen LogP contribution in [0.4, 0.5) is 17.5 Å². The fraction of sp³-hybridized carbons (Fsp3) is 0.111. The summed E-state index contributed by atoms with van der Waals surface area (Å²) in [5.41, 5.74) is 2.45. The quantitative estimate of drug-likeness (QED) is 0.672. The van der Waals surface area contributed by atoms with Gasteiger partial charge in [0.25, 0.3) is 5.91 Å². The van der Waals surface area contributed by atoms with Crippen molar-refractivity contribution in [3.8, 4) is 0 Å². The molecule has 0 spiro atoms. The Kier molecular flexibility index (Phi) is 5.35. The molecule has 132 valence electrons. The first-order chi connectivity index (χ1) is 12.4. The molecule has 1 amide bonds. The average molecular weight is 388 g/mol. The molecule has 0 saturated carbocycles. The van der Waals surface area contributed by atoms with E-state index < -0.39 is 5.91 Å². The van der Waals surface area contributed by atoms with Gasteiger partial charge in [-0.3, -0.25) is 4.79 Å². The number of hydrogen-bond donors (Lipinski definition) is 2. The van der Waals surface area contributed by atoms with Gasteiger partial charge in [-0.15, -0.1) is 0 Å². The Morgan fingerprint density at radius 2 is 1.65 bits per heavy atom. The Labute approximate surface area is 160 Å². The predicted molar refractivity (Wildman–Crippen MR) is 103 cm³/mol. The maximum absolute atomic E-state index is 12.5. The normalized spacial score (nSPS) is 10.5. The summed E-state index contributed by atoms with van der Waals surface area (Å²) >= 11 is 12.1. The maximum Gasteiger partial charge on any atom is 0.258 e. The standard InChI is InChI=1S/C18H15Cl2N5O/c1-10-8-11(2)23-18(22-10)25-15-9-12(6-7-21-15)24-17(26)16-13(19)4-3-5-14(16)20/h3-9H,1-2H3,(H2,21,22,23,24,25,26). The number of rotatable bonds is 4. The Morgan fingerprint density at radius 1 is 1.00 bits per heavy atom. The summed E-state index contributed by atoms with van der Waals surface area (Å²) in [4.78, 5) is 25.3. The van der Waals surface area contributed by atoms with E-state index in [1.807, 2.05) is 19.9 Å². The van der Waals surface area contributed by atoms with E-state index in [-0.39, 0.29) is 15.6 Å². The minimum Gasteiger partial charge on any atom is -0.322 e. The van der Waals surface area contributed by atoms with Gasteiger partial charge in [0.05, 0.1) is 15.6 Å². The molecular formula is C18H15Cl2N5O. The van der Waals surface area contributed by atoms with E-state index >= 15 is 0 Å². The smallest absolute Gasteiger partial charge is 0.258 e. The van der Waals surface area contributed by atoms with Gasteiger partial charge in [0.15, 0.2) is 0 Å². The number of aryl methyl sites for hydroxylation is 2. The van der Waals surface area contributed by atoms with Crippen LogP contribution in [0.2, 0.25) is 10.0 Å². The largest absolute Gasteiger partial charge is 0.322 e. The van der Waals surface area contributed by atoms with Crippen LogP contribution in [0.15, 0.2) is 42.6 Å². The summed E-state index contributed by atoms with van der Waals surface area (Å²) < 4.78 is 0. The fourth-order valence-corrected chi connectivity index (χ4v) is 2.95. The van der Waals surface area contributed by atoms with Gasteiger partial charge in [0.1, 0.15) is 5.82 Å². The van der Waals surface area contributed by atoms with E-state index in [1.165, 1.54) is 0 Å². The van der Waals surface area contributed by atoms with Gasteiger partial charge in [0, 0.05) is 29.3 Å². The molecular weight excluding hydrogens is 373 g/mol. The van der Waals surface area contributed by atoms with Crippen LogP contribution < -0.4 is 10.6 Å². The van der Waals surface area contributed by atoms with Crippen molar-refractivity contribution in [2.24, 2.45) is 0 Å². The molecule has 0 fully saturated rings. The summed E-state index contributed by atoms with van der Waals surface area (Å²) in [7, 11) is 0. The Bertz CT molecular complexity index is 937. The lowest BCUT2D eigenvalue weighted by atomic mass is 10.2. The topological polar surface area (TPSA) is 79.8 Å². The van der Waals surface area contributed by atoms with E-state index in [1.54, 1.807) is 36.5 Å². The van der Waals surface area contributed by atoms with Crippen LogP contribution in [0.5, 0.6) is 0 Å². The summed E-state index contributed by atoms with van der Waals surface area (Å²) in [5.74, 6) is 0.533. The number of hydrogen-bond acceptors (Lipinski definition) is 5. The number of nitrogens with one attached hydrogen (secondary N) is 2. The van der Waals surface area contributed by atoms with Crippen molar-refractivity contribution in [3.63, 3.8) is 0 Å². The van der Waals surface area contributed by atoms with Crippen LogP contribution >= 0.6 is 23.2 Å². The van der Waals surface area contributed by atoms with Crippen molar-refractivity contribution >= 4 is 46.6 Å². The SMILES string of the molecule is Cc1cc(C)nc(Nc2cc(NC(=O)c3c(Cl)cccc3Cl)ccn2)n1. The maximum atomic E-state index is 12.5. The molecule has 0 aliphatic rings. The number of anilines is 3. The lowest BCUT2D eigenvalue weighted by Crippen LogP contribution is -2.13. The van der Waals surface area contributed by atoms with Crippen LogP contribution in [-0.2, 0) is 0 Å². The first kappa shape index (κ1) is 18.1. The molecule has 3 aromatic rings. The van der Waals surface area contributed by atoms with Crippen molar-refractivity contribution in [1.82, 2.24) is 15.0 Å². The van der Waals surface area contributed by atoms with E-state index in [9.17, 15) is 4.79 Å². The van der Waals surface area contributed by atoms with Crippen molar-refractivity contribution in [2.45, 2.75) is 13.8 Å². The highest BCUT2D eigenvalue weighted by atomic mass is 35.5. The monoisotopic (exact) mass is 387 g/mol. The van der Waals surface area contributed by atoms with Gasteiger partial charge in [-0.25, -0.2) is 15.0 Å². The van der Waals surface area contributed by atoms with Crippen molar-refractivity contribution in [2.75, 3.05) is 10.6 Å². The van der Waals surface area contributed by atoms with E-state index in [4.69, 9.17) is 23.2 Å². The third-order valence-corrected chi connectivity index (χ3v) is 4.06. The molecule has 2 heterocycles. The number of nitrogens with zero attached hydrogens (tertiary/aromatic N) is 3. The molecule has 8 heteroatoms. The zero-order chi connectivity index (χ0) is 18.7. The minimum atomic E-state index is -0.402. The second-order valence-electron chi connectivity index (χ2n) is 5.58. The van der Waals surface area contributed by atoms with E-state index in [0.717, 1.165) is 11.4 Å². The van der Waals surface area contributed by atoms with Gasteiger partial charge < -0.3 is 10.6 Å². The molecule has 26 heavy (non-hydrogen) atoms. The molecule has 0 unspecified atom stereocenters. The summed E-state index contributed by atoms with van der Waals surface area (Å²) in [6.45, 7) is 3.77. The van der Waals surface area contributed by atoms with Crippen LogP contribution in [0.25, 0.3) is 0 Å². The lowest BCUT2D eigenvalue weighted by Gasteiger charge is -2.10. The lowest BCUT2D eigenvalue weighted by molar-refractivity contribution is 0.102. The predicted octanol–water partition coefficient (Wildman–Crippen LogP) is 4.79. The molecule has 0 bridgehead atoms. The van der Waals surface area contributed by atoms with Gasteiger partial charge in [0.2, 0.25) is 5.95 Å². The average Bonchev–Trinajstić information content (AvgIpc) is 2.54. The minimum absolute atomic E-state index is 0.222. The molecule has 0 radical (unpaired) electrons. The molecule has 0 aliphatic carbocycles. The first-order valence-corrected chi connectivity index (χ1v) is 8.48. The Morgan fingerprint density at radius 3 is 2.31 bits per heavy atom. The third-order valence-electron chi connectivity index (χ3n) is 3.43. The van der Waals surface area contributed by atoms with Crippen LogP contribution in [0.3, 0.4) is 0 Å². The number of aromatic nitrogens is 3. The van der Waals surface area contributed by atoms with Gasteiger partial charge in [-0.2, -0.15) is 0 Å². The number of pyridine rings is 1. The second-order valence-corrected chi connectivity index (χ2v) is 6.39. The molecule has 6 nitrogen and oxygen atoms in total.